The number of hydrogen-bond donors (Lipinski definition) is 1. The zero-order valence-corrected chi connectivity index (χ0v) is 21.2. The van der Waals surface area contributed by atoms with E-state index in [2.05, 4.69) is 5.32 Å². The summed E-state index contributed by atoms with van der Waals surface area (Å²) in [5.41, 5.74) is 2.65. The fraction of sp³-hybridized carbons (Fsp3) is 0.259. The first-order chi connectivity index (χ1) is 16.7. The smallest absolute Gasteiger partial charge is 0.243 e. The van der Waals surface area contributed by atoms with Crippen molar-refractivity contribution in [3.63, 3.8) is 0 Å². The van der Waals surface area contributed by atoms with Crippen LogP contribution in [-0.4, -0.2) is 37.5 Å². The van der Waals surface area contributed by atoms with E-state index in [0.29, 0.717) is 41.2 Å². The van der Waals surface area contributed by atoms with Crippen LogP contribution in [0.4, 0.5) is 5.69 Å². The average molecular weight is 511 g/mol. The van der Waals surface area contributed by atoms with Gasteiger partial charge in [0.15, 0.2) is 5.78 Å². The number of hydrogen-bond acceptors (Lipinski definition) is 4. The van der Waals surface area contributed by atoms with Gasteiger partial charge in [-0.2, -0.15) is 4.31 Å². The summed E-state index contributed by atoms with van der Waals surface area (Å²) in [5, 5.41) is 3.23. The van der Waals surface area contributed by atoms with Gasteiger partial charge in [0.1, 0.15) is 0 Å². The van der Waals surface area contributed by atoms with Crippen LogP contribution >= 0.6 is 11.6 Å². The van der Waals surface area contributed by atoms with Crippen LogP contribution in [0.25, 0.3) is 0 Å². The van der Waals surface area contributed by atoms with Gasteiger partial charge in [0, 0.05) is 29.2 Å². The van der Waals surface area contributed by atoms with Crippen LogP contribution in [0, 0.1) is 19.8 Å². The maximum absolute atomic E-state index is 13.4. The third-order valence-electron chi connectivity index (χ3n) is 6.24. The number of carbonyl (C=O) groups excluding carboxylic acids is 2. The van der Waals surface area contributed by atoms with E-state index < -0.39 is 15.9 Å². The van der Waals surface area contributed by atoms with E-state index in [4.69, 9.17) is 11.6 Å². The molecule has 3 aromatic rings. The lowest BCUT2D eigenvalue weighted by atomic mass is 9.97. The van der Waals surface area contributed by atoms with Crippen molar-refractivity contribution in [2.75, 3.05) is 18.4 Å². The molecule has 1 heterocycles. The molecule has 35 heavy (non-hydrogen) atoms. The maximum Gasteiger partial charge on any atom is 0.243 e. The first-order valence-electron chi connectivity index (χ1n) is 11.4. The number of halogens is 1. The monoisotopic (exact) mass is 510 g/mol. The summed E-state index contributed by atoms with van der Waals surface area (Å²) in [4.78, 5) is 26.6. The van der Waals surface area contributed by atoms with Gasteiger partial charge < -0.3 is 5.32 Å². The van der Waals surface area contributed by atoms with Gasteiger partial charge in [-0.05, 0) is 62.1 Å². The number of piperidine rings is 1. The molecule has 6 nitrogen and oxygen atoms in total. The second kappa shape index (κ2) is 10.3. The van der Waals surface area contributed by atoms with Crippen LogP contribution < -0.4 is 5.32 Å². The molecule has 0 aliphatic carbocycles. The summed E-state index contributed by atoms with van der Waals surface area (Å²) in [7, 11) is -3.74. The number of amides is 1. The highest BCUT2D eigenvalue weighted by atomic mass is 35.5. The van der Waals surface area contributed by atoms with E-state index in [0.717, 1.165) is 5.56 Å². The van der Waals surface area contributed by atoms with E-state index >= 15 is 0 Å². The third-order valence-corrected chi connectivity index (χ3v) is 8.48. The minimum Gasteiger partial charge on any atom is -0.325 e. The molecule has 1 fully saturated rings. The quantitative estimate of drug-likeness (QED) is 0.460. The Morgan fingerprint density at radius 2 is 1.74 bits per heavy atom. The number of ketones is 1. The second-order valence-corrected chi connectivity index (χ2v) is 11.2. The fourth-order valence-electron chi connectivity index (χ4n) is 4.29. The molecule has 0 unspecified atom stereocenters. The minimum atomic E-state index is -3.74. The molecular formula is C27H27ClN2O4S. The van der Waals surface area contributed by atoms with Crippen molar-refractivity contribution in [3.8, 4) is 0 Å². The van der Waals surface area contributed by atoms with Gasteiger partial charge in [-0.1, -0.05) is 54.1 Å². The molecule has 1 N–H and O–H groups in total. The van der Waals surface area contributed by atoms with E-state index in [1.165, 1.54) is 10.4 Å². The molecule has 182 valence electrons. The molecule has 0 spiro atoms. The highest BCUT2D eigenvalue weighted by molar-refractivity contribution is 7.89. The van der Waals surface area contributed by atoms with E-state index in [1.807, 2.05) is 19.1 Å². The first kappa shape index (κ1) is 25.1. The van der Waals surface area contributed by atoms with Crippen molar-refractivity contribution in [1.29, 1.82) is 0 Å². The highest BCUT2D eigenvalue weighted by Crippen LogP contribution is 2.29. The Bertz CT molecular complexity index is 1370. The summed E-state index contributed by atoms with van der Waals surface area (Å²) < 4.78 is 28.1. The van der Waals surface area contributed by atoms with Crippen LogP contribution in [0.2, 0.25) is 5.02 Å². The van der Waals surface area contributed by atoms with E-state index in [1.54, 1.807) is 55.5 Å². The lowest BCUT2D eigenvalue weighted by Crippen LogP contribution is -2.44. The van der Waals surface area contributed by atoms with Crippen LogP contribution in [-0.2, 0) is 14.8 Å². The normalized spacial score (nSPS) is 16.6. The first-order valence-corrected chi connectivity index (χ1v) is 13.3. The summed E-state index contributed by atoms with van der Waals surface area (Å²) in [6, 6.07) is 18.8. The Morgan fingerprint density at radius 1 is 1.00 bits per heavy atom. The van der Waals surface area contributed by atoms with Crippen LogP contribution in [0.1, 0.15) is 39.9 Å². The standard InChI is InChI=1S/C27H27ClN2O4S/c1-18-10-11-19(2)25(15-18)35(33,34)30-14-6-9-21(17-30)27(32)29-24-13-12-22(28)16-23(24)26(31)20-7-4-3-5-8-20/h3-5,7-8,10-13,15-16,21H,6,9,14,17H2,1-2H3,(H,29,32)/t21-/m0/s1. The van der Waals surface area contributed by atoms with Crippen molar-refractivity contribution in [1.82, 2.24) is 4.31 Å². The number of rotatable bonds is 6. The zero-order valence-electron chi connectivity index (χ0n) is 19.6. The number of anilines is 1. The number of carbonyl (C=O) groups is 2. The predicted molar refractivity (Wildman–Crippen MR) is 137 cm³/mol. The molecule has 0 saturated carbocycles. The van der Waals surface area contributed by atoms with Gasteiger partial charge in [-0.3, -0.25) is 9.59 Å². The zero-order chi connectivity index (χ0) is 25.2. The molecule has 1 aliphatic rings. The van der Waals surface area contributed by atoms with Crippen LogP contribution in [0.15, 0.2) is 71.6 Å². The Hall–Kier alpha value is -3.00. The molecule has 0 bridgehead atoms. The fourth-order valence-corrected chi connectivity index (χ4v) is 6.30. The Morgan fingerprint density at radius 3 is 2.49 bits per heavy atom. The summed E-state index contributed by atoms with van der Waals surface area (Å²) >= 11 is 6.15. The van der Waals surface area contributed by atoms with Gasteiger partial charge in [0.2, 0.25) is 15.9 Å². The molecule has 1 atom stereocenters. The van der Waals surface area contributed by atoms with Gasteiger partial charge in [0.25, 0.3) is 0 Å². The molecule has 4 rings (SSSR count). The second-order valence-electron chi connectivity index (χ2n) is 8.85. The van der Waals surface area contributed by atoms with Gasteiger partial charge in [-0.15, -0.1) is 0 Å². The molecule has 8 heteroatoms. The Labute approximate surface area is 211 Å². The molecule has 1 amide bonds. The largest absolute Gasteiger partial charge is 0.325 e. The van der Waals surface area contributed by atoms with Crippen molar-refractivity contribution >= 4 is 39.0 Å². The van der Waals surface area contributed by atoms with Crippen LogP contribution in [0.5, 0.6) is 0 Å². The van der Waals surface area contributed by atoms with Gasteiger partial charge >= 0.3 is 0 Å². The van der Waals surface area contributed by atoms with Gasteiger partial charge in [-0.25, -0.2) is 8.42 Å². The number of nitrogens with zero attached hydrogens (tertiary/aromatic N) is 1. The number of aryl methyl sites for hydroxylation is 2. The highest BCUT2D eigenvalue weighted by Gasteiger charge is 2.34. The third kappa shape index (κ3) is 5.48. The minimum absolute atomic E-state index is 0.0805. The molecule has 1 aliphatic heterocycles. The summed E-state index contributed by atoms with van der Waals surface area (Å²) in [5.74, 6) is -1.12. The van der Waals surface area contributed by atoms with Gasteiger partial charge in [0.05, 0.1) is 16.5 Å². The number of benzene rings is 3. The van der Waals surface area contributed by atoms with Crippen LogP contribution in [0.3, 0.4) is 0 Å². The molecule has 0 radical (unpaired) electrons. The Kier molecular flexibility index (Phi) is 7.40. The predicted octanol–water partition coefficient (Wildman–Crippen LogP) is 5.23. The van der Waals surface area contributed by atoms with E-state index in [9.17, 15) is 18.0 Å². The average Bonchev–Trinajstić information content (AvgIpc) is 2.86. The topological polar surface area (TPSA) is 83.6 Å². The Balaban J connectivity index is 1.55. The van der Waals surface area contributed by atoms with Crippen molar-refractivity contribution in [3.05, 3.63) is 94.0 Å². The van der Waals surface area contributed by atoms with E-state index in [-0.39, 0.29) is 28.7 Å². The number of nitrogens with one attached hydrogen (secondary N) is 1. The van der Waals surface area contributed by atoms with Crippen molar-refractivity contribution in [2.45, 2.75) is 31.6 Å². The summed E-state index contributed by atoms with van der Waals surface area (Å²) in [6.07, 6.45) is 1.12. The summed E-state index contributed by atoms with van der Waals surface area (Å²) in [6.45, 7) is 4.06. The van der Waals surface area contributed by atoms with Crippen molar-refractivity contribution < 1.29 is 18.0 Å². The SMILES string of the molecule is Cc1ccc(C)c(S(=O)(=O)N2CCC[C@H](C(=O)Nc3ccc(Cl)cc3C(=O)c3ccccc3)C2)c1. The lowest BCUT2D eigenvalue weighted by Gasteiger charge is -2.31. The lowest BCUT2D eigenvalue weighted by molar-refractivity contribution is -0.120. The molecule has 1 saturated heterocycles. The molecule has 0 aromatic heterocycles. The maximum atomic E-state index is 13.4. The van der Waals surface area contributed by atoms with Crippen molar-refractivity contribution in [2.24, 2.45) is 5.92 Å². The number of sulfonamides is 1. The molecule has 3 aromatic carbocycles. The molecular weight excluding hydrogens is 484 g/mol.